The van der Waals surface area contributed by atoms with E-state index in [0.717, 1.165) is 0 Å². The van der Waals surface area contributed by atoms with Crippen molar-refractivity contribution < 1.29 is 19.6 Å². The number of benzene rings is 1. The van der Waals surface area contributed by atoms with Gasteiger partial charge in [-0.05, 0) is 13.0 Å². The number of carbonyl (C=O) groups is 1. The maximum atomic E-state index is 11.0. The zero-order valence-corrected chi connectivity index (χ0v) is 11.4. The van der Waals surface area contributed by atoms with Crippen LogP contribution in [0.3, 0.4) is 0 Å². The average Bonchev–Trinajstić information content (AvgIpc) is 2.80. The van der Waals surface area contributed by atoms with Crippen LogP contribution in [0, 0.1) is 17.0 Å². The molecule has 0 saturated heterocycles. The largest absolute Gasteiger partial charge is 0.496 e. The Morgan fingerprint density at radius 3 is 2.76 bits per heavy atom. The number of aromatic carboxylic acids is 1. The molecule has 1 heterocycles. The van der Waals surface area contributed by atoms with Gasteiger partial charge in [0.05, 0.1) is 30.5 Å². The summed E-state index contributed by atoms with van der Waals surface area (Å²) in [5.74, 6) is -0.586. The minimum absolute atomic E-state index is 0.0610. The fraction of sp³-hybridized carbons (Fsp3) is 0.231. The molecule has 0 spiro atoms. The monoisotopic (exact) mass is 291 g/mol. The van der Waals surface area contributed by atoms with E-state index in [1.165, 1.54) is 36.2 Å². The van der Waals surface area contributed by atoms with Gasteiger partial charge in [0.15, 0.2) is 0 Å². The van der Waals surface area contributed by atoms with Gasteiger partial charge < -0.3 is 9.84 Å². The maximum absolute atomic E-state index is 11.0. The van der Waals surface area contributed by atoms with E-state index >= 15 is 0 Å². The first-order valence-corrected chi connectivity index (χ1v) is 6.01. The summed E-state index contributed by atoms with van der Waals surface area (Å²) < 4.78 is 6.63. The van der Waals surface area contributed by atoms with Gasteiger partial charge in [-0.3, -0.25) is 14.8 Å². The van der Waals surface area contributed by atoms with Gasteiger partial charge in [0.1, 0.15) is 11.3 Å². The number of carboxylic acids is 1. The molecule has 8 nitrogen and oxygen atoms in total. The number of non-ortho nitro benzene ring substituents is 1. The van der Waals surface area contributed by atoms with Crippen LogP contribution in [0.4, 0.5) is 5.69 Å². The number of methoxy groups -OCH3 is 1. The second kappa shape index (κ2) is 5.61. The van der Waals surface area contributed by atoms with Crippen LogP contribution in [0.15, 0.2) is 24.4 Å². The van der Waals surface area contributed by atoms with Gasteiger partial charge in [-0.1, -0.05) is 0 Å². The van der Waals surface area contributed by atoms with Crippen molar-refractivity contribution in [3.05, 3.63) is 51.3 Å². The van der Waals surface area contributed by atoms with Crippen LogP contribution in [0.2, 0.25) is 0 Å². The number of aromatic nitrogens is 2. The molecule has 0 saturated carbocycles. The Kier molecular flexibility index (Phi) is 3.88. The first-order chi connectivity index (χ1) is 9.93. The van der Waals surface area contributed by atoms with Gasteiger partial charge in [0.2, 0.25) is 0 Å². The van der Waals surface area contributed by atoms with E-state index in [9.17, 15) is 14.9 Å². The summed E-state index contributed by atoms with van der Waals surface area (Å²) in [4.78, 5) is 21.3. The highest BCUT2D eigenvalue weighted by Crippen LogP contribution is 2.25. The molecule has 8 heteroatoms. The van der Waals surface area contributed by atoms with Gasteiger partial charge in [0.25, 0.3) is 5.69 Å². The Morgan fingerprint density at radius 1 is 1.52 bits per heavy atom. The highest BCUT2D eigenvalue weighted by atomic mass is 16.6. The predicted molar refractivity (Wildman–Crippen MR) is 72.7 cm³/mol. The Balaban J connectivity index is 2.40. The fourth-order valence-electron chi connectivity index (χ4n) is 1.98. The Morgan fingerprint density at radius 2 is 2.24 bits per heavy atom. The number of nitrogens with zero attached hydrogens (tertiary/aromatic N) is 3. The Bertz CT molecular complexity index is 708. The number of nitro groups is 1. The lowest BCUT2D eigenvalue weighted by molar-refractivity contribution is -0.384. The summed E-state index contributed by atoms with van der Waals surface area (Å²) in [7, 11) is 1.46. The second-order valence-corrected chi connectivity index (χ2v) is 4.36. The molecule has 0 aliphatic rings. The Labute approximate surface area is 119 Å². The van der Waals surface area contributed by atoms with Crippen LogP contribution < -0.4 is 4.74 Å². The van der Waals surface area contributed by atoms with Gasteiger partial charge >= 0.3 is 5.97 Å². The van der Waals surface area contributed by atoms with E-state index in [-0.39, 0.29) is 17.8 Å². The average molecular weight is 291 g/mol. The van der Waals surface area contributed by atoms with Crippen LogP contribution >= 0.6 is 0 Å². The third-order valence-electron chi connectivity index (χ3n) is 3.13. The molecule has 1 N–H and O–H groups in total. The standard InChI is InChI=1S/C13H13N3O5/c1-8-11(13(17)18)6-14-15(8)7-9-5-10(16(19)20)3-4-12(9)21-2/h3-6H,7H2,1-2H3,(H,17,18). The van der Waals surface area contributed by atoms with Crippen molar-refractivity contribution in [3.63, 3.8) is 0 Å². The molecule has 0 aliphatic heterocycles. The molecule has 2 aromatic rings. The molecule has 1 aromatic carbocycles. The van der Waals surface area contributed by atoms with Crippen molar-refractivity contribution in [1.82, 2.24) is 9.78 Å². The van der Waals surface area contributed by atoms with Crippen LogP contribution in [0.5, 0.6) is 5.75 Å². The number of carboxylic acid groups (broad SMARTS) is 1. The van der Waals surface area contributed by atoms with E-state index in [0.29, 0.717) is 17.0 Å². The van der Waals surface area contributed by atoms with Gasteiger partial charge in [-0.25, -0.2) is 4.79 Å². The van der Waals surface area contributed by atoms with Crippen LogP contribution in [0.1, 0.15) is 21.6 Å². The number of nitro benzene ring substituents is 1. The van der Waals surface area contributed by atoms with Crippen molar-refractivity contribution in [2.45, 2.75) is 13.5 Å². The lowest BCUT2D eigenvalue weighted by Crippen LogP contribution is -2.07. The lowest BCUT2D eigenvalue weighted by Gasteiger charge is -2.10. The smallest absolute Gasteiger partial charge is 0.339 e. The quantitative estimate of drug-likeness (QED) is 0.665. The zero-order valence-electron chi connectivity index (χ0n) is 11.4. The predicted octanol–water partition coefficient (Wildman–Crippen LogP) is 1.85. The zero-order chi connectivity index (χ0) is 15.6. The van der Waals surface area contributed by atoms with Crippen molar-refractivity contribution in [2.24, 2.45) is 0 Å². The summed E-state index contributed by atoms with van der Waals surface area (Å²) in [6, 6.07) is 4.24. The van der Waals surface area contributed by atoms with Gasteiger partial charge in [-0.2, -0.15) is 5.10 Å². The summed E-state index contributed by atoms with van der Waals surface area (Å²) in [5.41, 5.74) is 1.05. The first kappa shape index (κ1) is 14.5. The molecule has 0 aliphatic carbocycles. The third kappa shape index (κ3) is 2.83. The molecular formula is C13H13N3O5. The van der Waals surface area contributed by atoms with Crippen molar-refractivity contribution in [1.29, 1.82) is 0 Å². The minimum atomic E-state index is -1.07. The fourth-order valence-corrected chi connectivity index (χ4v) is 1.98. The van der Waals surface area contributed by atoms with Crippen LogP contribution in [-0.2, 0) is 6.54 Å². The first-order valence-electron chi connectivity index (χ1n) is 6.01. The number of hydrogen-bond donors (Lipinski definition) is 1. The van der Waals surface area contributed by atoms with Gasteiger partial charge in [0, 0.05) is 17.7 Å². The molecule has 0 unspecified atom stereocenters. The van der Waals surface area contributed by atoms with Crippen molar-refractivity contribution in [2.75, 3.05) is 7.11 Å². The van der Waals surface area contributed by atoms with Crippen molar-refractivity contribution in [3.8, 4) is 5.75 Å². The lowest BCUT2D eigenvalue weighted by atomic mass is 10.1. The molecule has 2 rings (SSSR count). The molecule has 0 radical (unpaired) electrons. The van der Waals surface area contributed by atoms with Crippen LogP contribution in [-0.4, -0.2) is 32.9 Å². The van der Waals surface area contributed by atoms with Crippen LogP contribution in [0.25, 0.3) is 0 Å². The highest BCUT2D eigenvalue weighted by molar-refractivity contribution is 5.88. The number of ether oxygens (including phenoxy) is 1. The summed E-state index contributed by atoms with van der Waals surface area (Å²) in [6.45, 7) is 1.81. The third-order valence-corrected chi connectivity index (χ3v) is 3.13. The van der Waals surface area contributed by atoms with Crippen molar-refractivity contribution >= 4 is 11.7 Å². The molecule has 0 bridgehead atoms. The van der Waals surface area contributed by atoms with E-state index in [2.05, 4.69) is 5.10 Å². The minimum Gasteiger partial charge on any atom is -0.496 e. The maximum Gasteiger partial charge on any atom is 0.339 e. The van der Waals surface area contributed by atoms with E-state index in [1.54, 1.807) is 6.92 Å². The summed E-state index contributed by atoms with van der Waals surface area (Å²) in [5, 5.41) is 23.8. The van der Waals surface area contributed by atoms with Gasteiger partial charge in [-0.15, -0.1) is 0 Å². The molecule has 0 fully saturated rings. The molecule has 0 amide bonds. The van der Waals surface area contributed by atoms with E-state index < -0.39 is 10.9 Å². The second-order valence-electron chi connectivity index (χ2n) is 4.36. The SMILES string of the molecule is COc1ccc([N+](=O)[O-])cc1Cn1ncc(C(=O)O)c1C. The number of hydrogen-bond acceptors (Lipinski definition) is 5. The summed E-state index contributed by atoms with van der Waals surface area (Å²) in [6.07, 6.45) is 1.25. The molecule has 21 heavy (non-hydrogen) atoms. The molecule has 0 atom stereocenters. The topological polar surface area (TPSA) is 107 Å². The summed E-state index contributed by atoms with van der Waals surface area (Å²) >= 11 is 0. The molecule has 1 aromatic heterocycles. The Hall–Kier alpha value is -2.90. The highest BCUT2D eigenvalue weighted by Gasteiger charge is 2.16. The van der Waals surface area contributed by atoms with E-state index in [1.807, 2.05) is 0 Å². The normalized spacial score (nSPS) is 10.4. The molecular weight excluding hydrogens is 278 g/mol. The molecule has 110 valence electrons. The number of rotatable bonds is 5. The van der Waals surface area contributed by atoms with E-state index in [4.69, 9.17) is 9.84 Å².